The summed E-state index contributed by atoms with van der Waals surface area (Å²) in [5.74, 6) is -0.246. The number of nitrogens with zero attached hydrogens (tertiary/aromatic N) is 2. The van der Waals surface area contributed by atoms with Crippen LogP contribution in [0, 0.1) is 12.8 Å². The molecule has 0 aliphatic carbocycles. The molecule has 2 aliphatic heterocycles. The third-order valence-electron chi connectivity index (χ3n) is 8.59. The van der Waals surface area contributed by atoms with Crippen molar-refractivity contribution >= 4 is 23.8 Å². The van der Waals surface area contributed by atoms with E-state index in [2.05, 4.69) is 10.6 Å². The zero-order chi connectivity index (χ0) is 31.6. The van der Waals surface area contributed by atoms with E-state index in [-0.39, 0.29) is 30.2 Å². The molecule has 0 radical (unpaired) electrons. The normalized spacial score (nSPS) is 18.7. The Hall–Kier alpha value is -4.66. The van der Waals surface area contributed by atoms with Crippen LogP contribution in [0.25, 0.3) is 0 Å². The van der Waals surface area contributed by atoms with Crippen molar-refractivity contribution in [1.29, 1.82) is 0 Å². The van der Waals surface area contributed by atoms with Gasteiger partial charge in [0.25, 0.3) is 0 Å². The molecular formula is C36H42N4O5. The second-order valence-corrected chi connectivity index (χ2v) is 12.0. The molecule has 0 bridgehead atoms. The fraction of sp³-hybridized carbons (Fsp3) is 0.389. The quantitative estimate of drug-likeness (QED) is 0.335. The number of ether oxygens (including phenoxy) is 1. The van der Waals surface area contributed by atoms with Gasteiger partial charge in [0.15, 0.2) is 0 Å². The van der Waals surface area contributed by atoms with Gasteiger partial charge in [-0.05, 0) is 48.8 Å². The molecule has 9 nitrogen and oxygen atoms in total. The van der Waals surface area contributed by atoms with Gasteiger partial charge in [0.2, 0.25) is 17.7 Å². The molecule has 3 atom stereocenters. The summed E-state index contributed by atoms with van der Waals surface area (Å²) in [6.45, 7) is 4.08. The Balaban J connectivity index is 1.16. The van der Waals surface area contributed by atoms with Gasteiger partial charge in [-0.3, -0.25) is 14.4 Å². The van der Waals surface area contributed by atoms with Crippen molar-refractivity contribution in [3.63, 3.8) is 0 Å². The first kappa shape index (κ1) is 31.8. The number of amides is 4. The van der Waals surface area contributed by atoms with E-state index in [0.717, 1.165) is 35.1 Å². The first-order valence-electron chi connectivity index (χ1n) is 15.8. The number of likely N-dealkylation sites (tertiary alicyclic amines) is 2. The first-order chi connectivity index (χ1) is 21.9. The van der Waals surface area contributed by atoms with E-state index in [0.29, 0.717) is 45.4 Å². The SMILES string of the molecule is Cc1ccc(CN2C(=O)CC[C@H]2C(=O)N2CCC[C@@H](CNC(=O)[C@H](Cc3ccccc3)NC(=O)OCc3ccccc3)C2)cc1. The Morgan fingerprint density at radius 3 is 2.29 bits per heavy atom. The highest BCUT2D eigenvalue weighted by molar-refractivity contribution is 5.91. The Morgan fingerprint density at radius 2 is 1.58 bits per heavy atom. The summed E-state index contributed by atoms with van der Waals surface area (Å²) < 4.78 is 5.39. The van der Waals surface area contributed by atoms with E-state index in [1.165, 1.54) is 0 Å². The number of rotatable bonds is 11. The Bertz CT molecular complexity index is 1450. The van der Waals surface area contributed by atoms with Gasteiger partial charge in [0.1, 0.15) is 18.7 Å². The number of benzene rings is 3. The van der Waals surface area contributed by atoms with Crippen molar-refractivity contribution in [2.24, 2.45) is 5.92 Å². The van der Waals surface area contributed by atoms with Gasteiger partial charge >= 0.3 is 6.09 Å². The maximum atomic E-state index is 13.7. The molecule has 3 aromatic carbocycles. The topological polar surface area (TPSA) is 108 Å². The summed E-state index contributed by atoms with van der Waals surface area (Å²) in [6, 6.07) is 25.6. The van der Waals surface area contributed by atoms with Crippen LogP contribution in [-0.4, -0.2) is 65.3 Å². The van der Waals surface area contributed by atoms with Crippen LogP contribution in [0.1, 0.15) is 47.9 Å². The Morgan fingerprint density at radius 1 is 0.889 bits per heavy atom. The predicted octanol–water partition coefficient (Wildman–Crippen LogP) is 4.38. The molecule has 0 aromatic heterocycles. The van der Waals surface area contributed by atoms with Gasteiger partial charge in [-0.2, -0.15) is 0 Å². The second kappa shape index (κ2) is 15.4. The largest absolute Gasteiger partial charge is 0.445 e. The number of carbonyl (C=O) groups excluding carboxylic acids is 4. The van der Waals surface area contributed by atoms with Crippen molar-refractivity contribution in [1.82, 2.24) is 20.4 Å². The van der Waals surface area contributed by atoms with Gasteiger partial charge in [-0.1, -0.05) is 90.5 Å². The van der Waals surface area contributed by atoms with Crippen molar-refractivity contribution in [2.75, 3.05) is 19.6 Å². The van der Waals surface area contributed by atoms with Crippen molar-refractivity contribution in [3.8, 4) is 0 Å². The first-order valence-corrected chi connectivity index (χ1v) is 15.8. The summed E-state index contributed by atoms with van der Waals surface area (Å²) >= 11 is 0. The molecule has 9 heteroatoms. The summed E-state index contributed by atoms with van der Waals surface area (Å²) in [4.78, 5) is 56.0. The highest BCUT2D eigenvalue weighted by atomic mass is 16.5. The van der Waals surface area contributed by atoms with Gasteiger partial charge in [0.05, 0.1) is 0 Å². The van der Waals surface area contributed by atoms with Gasteiger partial charge in [-0.15, -0.1) is 0 Å². The summed E-state index contributed by atoms with van der Waals surface area (Å²) in [5, 5.41) is 5.77. The predicted molar refractivity (Wildman–Crippen MR) is 171 cm³/mol. The molecule has 45 heavy (non-hydrogen) atoms. The van der Waals surface area contributed by atoms with Gasteiger partial charge in [-0.25, -0.2) is 4.79 Å². The maximum absolute atomic E-state index is 13.7. The van der Waals surface area contributed by atoms with Crippen LogP contribution in [0.15, 0.2) is 84.9 Å². The minimum atomic E-state index is -0.822. The number of hydrogen-bond acceptors (Lipinski definition) is 5. The van der Waals surface area contributed by atoms with Crippen molar-refractivity contribution in [3.05, 3.63) is 107 Å². The highest BCUT2D eigenvalue weighted by Gasteiger charge is 2.39. The lowest BCUT2D eigenvalue weighted by Crippen LogP contribution is -2.52. The maximum Gasteiger partial charge on any atom is 0.408 e. The highest BCUT2D eigenvalue weighted by Crippen LogP contribution is 2.26. The van der Waals surface area contributed by atoms with Crippen LogP contribution in [0.5, 0.6) is 0 Å². The molecule has 5 rings (SSSR count). The van der Waals surface area contributed by atoms with E-state index >= 15 is 0 Å². The summed E-state index contributed by atoms with van der Waals surface area (Å²) in [5.41, 5.74) is 3.93. The van der Waals surface area contributed by atoms with E-state index in [4.69, 9.17) is 4.74 Å². The summed E-state index contributed by atoms with van der Waals surface area (Å²) in [6.07, 6.45) is 2.24. The molecule has 2 fully saturated rings. The zero-order valence-electron chi connectivity index (χ0n) is 25.8. The number of nitrogens with one attached hydrogen (secondary N) is 2. The fourth-order valence-corrected chi connectivity index (χ4v) is 6.06. The van der Waals surface area contributed by atoms with Crippen LogP contribution < -0.4 is 10.6 Å². The molecule has 0 spiro atoms. The van der Waals surface area contributed by atoms with Crippen molar-refractivity contribution in [2.45, 2.75) is 64.3 Å². The van der Waals surface area contributed by atoms with Crippen LogP contribution in [0.4, 0.5) is 4.79 Å². The zero-order valence-corrected chi connectivity index (χ0v) is 25.8. The molecular weight excluding hydrogens is 568 g/mol. The number of aryl methyl sites for hydroxylation is 1. The third-order valence-corrected chi connectivity index (χ3v) is 8.59. The Labute approximate surface area is 264 Å². The van der Waals surface area contributed by atoms with E-state index in [1.807, 2.05) is 96.8 Å². The molecule has 0 unspecified atom stereocenters. The lowest BCUT2D eigenvalue weighted by molar-refractivity contribution is -0.143. The number of hydrogen-bond donors (Lipinski definition) is 2. The molecule has 3 aromatic rings. The average Bonchev–Trinajstić information content (AvgIpc) is 3.43. The minimum absolute atomic E-state index is 0.00833. The summed E-state index contributed by atoms with van der Waals surface area (Å²) in [7, 11) is 0. The van der Waals surface area contributed by atoms with Crippen LogP contribution in [-0.2, 0) is 38.7 Å². The molecule has 2 saturated heterocycles. The van der Waals surface area contributed by atoms with Gasteiger partial charge < -0.3 is 25.2 Å². The number of carbonyl (C=O) groups is 4. The molecule has 4 amide bonds. The number of alkyl carbamates (subject to hydrolysis) is 1. The molecule has 2 N–H and O–H groups in total. The van der Waals surface area contributed by atoms with E-state index in [9.17, 15) is 19.2 Å². The monoisotopic (exact) mass is 610 g/mol. The standard InChI is InChI=1S/C36H42N4O5/c1-26-14-16-28(17-15-26)24-40-32(18-19-33(40)41)35(43)39-20-8-13-30(23-39)22-37-34(42)31(21-27-9-4-2-5-10-27)38-36(44)45-25-29-11-6-3-7-12-29/h2-7,9-12,14-17,30-32H,8,13,18-25H2,1H3,(H,37,42)(H,38,44)/t30-,31-,32-/m0/s1. The fourth-order valence-electron chi connectivity index (χ4n) is 6.06. The molecule has 0 saturated carbocycles. The molecule has 2 aliphatic rings. The van der Waals surface area contributed by atoms with Crippen molar-refractivity contribution < 1.29 is 23.9 Å². The van der Waals surface area contributed by atoms with Crippen LogP contribution in [0.3, 0.4) is 0 Å². The van der Waals surface area contributed by atoms with Gasteiger partial charge in [0, 0.05) is 39.0 Å². The average molecular weight is 611 g/mol. The third kappa shape index (κ3) is 8.94. The Kier molecular flexibility index (Phi) is 10.8. The smallest absolute Gasteiger partial charge is 0.408 e. The minimum Gasteiger partial charge on any atom is -0.445 e. The second-order valence-electron chi connectivity index (χ2n) is 12.0. The van der Waals surface area contributed by atoms with E-state index < -0.39 is 18.2 Å². The number of piperidine rings is 1. The lowest BCUT2D eigenvalue weighted by Gasteiger charge is -2.36. The molecule has 2 heterocycles. The van der Waals surface area contributed by atoms with Crippen LogP contribution >= 0.6 is 0 Å². The van der Waals surface area contributed by atoms with Crippen LogP contribution in [0.2, 0.25) is 0 Å². The van der Waals surface area contributed by atoms with E-state index in [1.54, 1.807) is 4.90 Å². The molecule has 236 valence electrons. The lowest BCUT2D eigenvalue weighted by atomic mass is 9.96.